The Hall–Kier alpha value is -0.470. The third-order valence-corrected chi connectivity index (χ3v) is 7.45. The quantitative estimate of drug-likeness (QED) is 0.775. The summed E-state index contributed by atoms with van der Waals surface area (Å²) in [6.45, 7) is 4.73. The molecule has 2 heteroatoms. The molecule has 3 aliphatic rings. The van der Waals surface area contributed by atoms with Crippen molar-refractivity contribution in [3.05, 3.63) is 35.4 Å². The van der Waals surface area contributed by atoms with E-state index in [1.54, 1.807) is 11.1 Å². The van der Waals surface area contributed by atoms with Gasteiger partial charge in [-0.25, -0.2) is 0 Å². The minimum atomic E-state index is 0.308. The molecule has 0 amide bonds. The number of fused-ring (bicyclic) bond motifs is 1. The molecule has 1 heterocycles. The third kappa shape index (κ3) is 1.80. The number of thioether (sulfide) groups is 1. The van der Waals surface area contributed by atoms with Crippen LogP contribution in [0.2, 0.25) is 0 Å². The maximum absolute atomic E-state index is 4.05. The third-order valence-electron chi connectivity index (χ3n) is 5.33. The number of nitrogens with one attached hydrogen (secondary N) is 1. The van der Waals surface area contributed by atoms with E-state index in [2.05, 4.69) is 55.2 Å². The smallest absolute Gasteiger partial charge is 0.0713 e. The van der Waals surface area contributed by atoms with Gasteiger partial charge in [0.25, 0.3) is 0 Å². The summed E-state index contributed by atoms with van der Waals surface area (Å²) in [5, 5.41) is 4.05. The molecular formula is C17H23NS. The van der Waals surface area contributed by atoms with Crippen LogP contribution in [0.5, 0.6) is 0 Å². The highest BCUT2D eigenvalue weighted by Gasteiger charge is 2.57. The van der Waals surface area contributed by atoms with Crippen molar-refractivity contribution in [1.29, 1.82) is 0 Å². The predicted octanol–water partition coefficient (Wildman–Crippen LogP) is 3.62. The van der Waals surface area contributed by atoms with Gasteiger partial charge in [-0.3, -0.25) is 5.32 Å². The van der Waals surface area contributed by atoms with Crippen molar-refractivity contribution in [3.8, 4) is 0 Å². The van der Waals surface area contributed by atoms with Gasteiger partial charge in [0.15, 0.2) is 0 Å². The average molecular weight is 273 g/mol. The number of hydrogen-bond donors (Lipinski definition) is 1. The molecule has 102 valence electrons. The minimum absolute atomic E-state index is 0.308. The molecule has 0 aromatic heterocycles. The zero-order valence-electron chi connectivity index (χ0n) is 11.9. The molecule has 2 atom stereocenters. The fourth-order valence-corrected chi connectivity index (χ4v) is 6.39. The highest BCUT2D eigenvalue weighted by Crippen LogP contribution is 2.56. The first-order valence-corrected chi connectivity index (χ1v) is 8.58. The first-order valence-electron chi connectivity index (χ1n) is 7.59. The molecule has 1 saturated carbocycles. The second kappa shape index (κ2) is 4.02. The van der Waals surface area contributed by atoms with Gasteiger partial charge in [-0.2, -0.15) is 0 Å². The normalized spacial score (nSPS) is 39.3. The van der Waals surface area contributed by atoms with Crippen molar-refractivity contribution in [1.82, 2.24) is 5.32 Å². The number of hydrogen-bond acceptors (Lipinski definition) is 2. The van der Waals surface area contributed by atoms with Gasteiger partial charge in [0, 0.05) is 11.3 Å². The summed E-state index contributed by atoms with van der Waals surface area (Å²) < 4.78 is 0. The number of rotatable bonds is 0. The molecule has 2 bridgehead atoms. The Bertz CT molecular complexity index is 475. The molecular weight excluding hydrogens is 250 g/mol. The lowest BCUT2D eigenvalue weighted by molar-refractivity contribution is 0.258. The Morgan fingerprint density at radius 1 is 1.05 bits per heavy atom. The summed E-state index contributed by atoms with van der Waals surface area (Å²) in [6.07, 6.45) is 5.38. The van der Waals surface area contributed by atoms with Gasteiger partial charge in [0.05, 0.1) is 4.87 Å². The summed E-state index contributed by atoms with van der Waals surface area (Å²) in [4.78, 5) is 0.364. The molecule has 2 fully saturated rings. The second-order valence-corrected chi connectivity index (χ2v) is 8.49. The Morgan fingerprint density at radius 3 is 2.11 bits per heavy atom. The Balaban J connectivity index is 1.74. The van der Waals surface area contributed by atoms with Crippen LogP contribution in [0, 0.1) is 11.8 Å². The average Bonchev–Trinajstić information content (AvgIpc) is 2.79. The molecule has 2 unspecified atom stereocenters. The monoisotopic (exact) mass is 273 g/mol. The van der Waals surface area contributed by atoms with Crippen molar-refractivity contribution < 1.29 is 0 Å². The van der Waals surface area contributed by atoms with Crippen LogP contribution in [0.4, 0.5) is 0 Å². The summed E-state index contributed by atoms with van der Waals surface area (Å²) >= 11 is 2.22. The van der Waals surface area contributed by atoms with Crippen molar-refractivity contribution in [2.24, 2.45) is 11.8 Å². The fourth-order valence-electron chi connectivity index (χ4n) is 4.50. The summed E-state index contributed by atoms with van der Waals surface area (Å²) in [5.41, 5.74) is 3.53. The molecule has 0 radical (unpaired) electrons. The van der Waals surface area contributed by atoms with Crippen molar-refractivity contribution in [2.75, 3.05) is 5.75 Å². The molecule has 1 saturated heterocycles. The molecule has 1 aromatic rings. The van der Waals surface area contributed by atoms with E-state index < -0.39 is 0 Å². The van der Waals surface area contributed by atoms with E-state index in [0.717, 1.165) is 11.8 Å². The van der Waals surface area contributed by atoms with Crippen molar-refractivity contribution in [3.63, 3.8) is 0 Å². The summed E-state index contributed by atoms with van der Waals surface area (Å²) in [6, 6.07) is 9.14. The van der Waals surface area contributed by atoms with E-state index >= 15 is 0 Å². The van der Waals surface area contributed by atoms with Gasteiger partial charge in [-0.05, 0) is 62.5 Å². The fraction of sp³-hybridized carbons (Fsp3) is 0.647. The molecule has 1 spiro atoms. The summed E-state index contributed by atoms with van der Waals surface area (Å²) in [5.74, 6) is 2.91. The highest BCUT2D eigenvalue weighted by atomic mass is 32.2. The Kier molecular flexibility index (Phi) is 2.60. The van der Waals surface area contributed by atoms with Crippen LogP contribution in [0.3, 0.4) is 0 Å². The standard InChI is InChI=1S/C17H23NS/c1-16(2)11-19-17(18-16)14-7-8-15(17)10-13-6-4-3-5-12(13)9-14/h3-6,14-15,18H,7-11H2,1-2H3. The molecule has 2 aliphatic carbocycles. The molecule has 1 N–H and O–H groups in total. The van der Waals surface area contributed by atoms with Crippen LogP contribution >= 0.6 is 11.8 Å². The second-order valence-electron chi connectivity index (χ2n) is 7.24. The maximum Gasteiger partial charge on any atom is 0.0713 e. The van der Waals surface area contributed by atoms with Gasteiger partial charge in [-0.15, -0.1) is 11.8 Å². The van der Waals surface area contributed by atoms with E-state index in [1.807, 2.05) is 0 Å². The van der Waals surface area contributed by atoms with Crippen LogP contribution in [-0.4, -0.2) is 16.2 Å². The first kappa shape index (κ1) is 12.3. The molecule has 1 aliphatic heterocycles. The van der Waals surface area contributed by atoms with E-state index in [4.69, 9.17) is 0 Å². The lowest BCUT2D eigenvalue weighted by Gasteiger charge is -2.37. The SMILES string of the molecule is CC1(C)CSC2(N1)C1CCC2Cc2ccccc2C1. The highest BCUT2D eigenvalue weighted by molar-refractivity contribution is 8.01. The Morgan fingerprint density at radius 2 is 1.63 bits per heavy atom. The lowest BCUT2D eigenvalue weighted by atomic mass is 9.92. The van der Waals surface area contributed by atoms with E-state index in [9.17, 15) is 0 Å². The maximum atomic E-state index is 4.05. The lowest BCUT2D eigenvalue weighted by Crippen LogP contribution is -2.53. The van der Waals surface area contributed by atoms with Gasteiger partial charge in [0.2, 0.25) is 0 Å². The molecule has 19 heavy (non-hydrogen) atoms. The van der Waals surface area contributed by atoms with Crippen LogP contribution in [0.15, 0.2) is 24.3 Å². The number of benzene rings is 1. The zero-order valence-corrected chi connectivity index (χ0v) is 12.7. The van der Waals surface area contributed by atoms with Crippen molar-refractivity contribution in [2.45, 2.75) is 49.9 Å². The van der Waals surface area contributed by atoms with E-state index in [0.29, 0.717) is 10.4 Å². The van der Waals surface area contributed by atoms with Gasteiger partial charge >= 0.3 is 0 Å². The van der Waals surface area contributed by atoms with E-state index in [1.165, 1.54) is 31.4 Å². The van der Waals surface area contributed by atoms with Gasteiger partial charge < -0.3 is 0 Å². The minimum Gasteiger partial charge on any atom is -0.296 e. The van der Waals surface area contributed by atoms with Crippen LogP contribution < -0.4 is 5.32 Å². The molecule has 4 rings (SSSR count). The predicted molar refractivity (Wildman–Crippen MR) is 82.5 cm³/mol. The van der Waals surface area contributed by atoms with Crippen molar-refractivity contribution >= 4 is 11.8 Å². The first-order chi connectivity index (χ1) is 9.09. The topological polar surface area (TPSA) is 12.0 Å². The van der Waals surface area contributed by atoms with Crippen LogP contribution in [-0.2, 0) is 12.8 Å². The Labute approximate surface area is 120 Å². The zero-order chi connectivity index (χ0) is 13.1. The van der Waals surface area contributed by atoms with Gasteiger partial charge in [-0.1, -0.05) is 24.3 Å². The van der Waals surface area contributed by atoms with Crippen LogP contribution in [0.25, 0.3) is 0 Å². The van der Waals surface area contributed by atoms with Crippen LogP contribution in [0.1, 0.15) is 37.8 Å². The molecule has 1 aromatic carbocycles. The van der Waals surface area contributed by atoms with Gasteiger partial charge in [0.1, 0.15) is 0 Å². The molecule has 1 nitrogen and oxygen atoms in total. The largest absolute Gasteiger partial charge is 0.296 e. The van der Waals surface area contributed by atoms with E-state index in [-0.39, 0.29) is 0 Å². The summed E-state index contributed by atoms with van der Waals surface area (Å²) in [7, 11) is 0.